The Bertz CT molecular complexity index is 1040. The summed E-state index contributed by atoms with van der Waals surface area (Å²) in [6.07, 6.45) is 2.00. The van der Waals surface area contributed by atoms with Crippen LogP contribution in [0.1, 0.15) is 50.2 Å². The van der Waals surface area contributed by atoms with Gasteiger partial charge in [-0.2, -0.15) is 0 Å². The Hall–Kier alpha value is -1.94. The van der Waals surface area contributed by atoms with Gasteiger partial charge in [-0.1, -0.05) is 18.5 Å². The third-order valence-electron chi connectivity index (χ3n) is 5.46. The smallest absolute Gasteiger partial charge is 0.240 e. The van der Waals surface area contributed by atoms with E-state index < -0.39 is 33.5 Å². The molecular weight excluding hydrogens is 516 g/mol. The second kappa shape index (κ2) is 13.6. The number of rotatable bonds is 14. The molecule has 15 heteroatoms. The summed E-state index contributed by atoms with van der Waals surface area (Å²) in [7, 11) is -0.985. The molecule has 0 amide bonds. The van der Waals surface area contributed by atoms with Gasteiger partial charge in [-0.3, -0.25) is 9.29 Å². The van der Waals surface area contributed by atoms with E-state index in [0.717, 1.165) is 0 Å². The molecule has 1 saturated heterocycles. The van der Waals surface area contributed by atoms with Gasteiger partial charge in [0.2, 0.25) is 16.0 Å². The number of sulfonamides is 1. The molecule has 0 unspecified atom stereocenters. The van der Waals surface area contributed by atoms with E-state index in [4.69, 9.17) is 35.3 Å². The summed E-state index contributed by atoms with van der Waals surface area (Å²) in [6.45, 7) is 5.30. The number of aromatic nitrogens is 5. The number of halogens is 1. The number of nitrogens with zero attached hydrogens (tertiary/aromatic N) is 5. The Morgan fingerprint density at radius 2 is 1.89 bits per heavy atom. The summed E-state index contributed by atoms with van der Waals surface area (Å²) in [5, 5.41) is 7.61. The molecule has 0 saturated carbocycles. The van der Waals surface area contributed by atoms with Crippen molar-refractivity contribution in [2.45, 2.75) is 43.8 Å². The molecule has 0 radical (unpaired) electrons. The molecule has 0 bridgehead atoms. The molecule has 1 fully saturated rings. The van der Waals surface area contributed by atoms with Crippen molar-refractivity contribution in [3.8, 4) is 0 Å². The number of ether oxygens (including phenoxy) is 5. The van der Waals surface area contributed by atoms with Crippen LogP contribution in [-0.4, -0.2) is 92.3 Å². The van der Waals surface area contributed by atoms with E-state index in [1.54, 1.807) is 18.8 Å². The highest BCUT2D eigenvalue weighted by Gasteiger charge is 2.36. The molecule has 3 heterocycles. The van der Waals surface area contributed by atoms with E-state index in [2.05, 4.69) is 24.9 Å². The van der Waals surface area contributed by atoms with Gasteiger partial charge in [0.15, 0.2) is 11.6 Å². The molecule has 0 aliphatic carbocycles. The number of nitrogens with one attached hydrogen (secondary N) is 1. The van der Waals surface area contributed by atoms with Crippen LogP contribution in [0.5, 0.6) is 0 Å². The molecule has 3 rings (SSSR count). The standard InChI is InChI=1S/C21H33ClN6O7S/c1-5-6-35-18(19-23-9-15(22)10-24-19)14(2)36(29,30)27-21-26-25-20(17-13-33-7-8-34-17)28(21)16(11-31-3)12-32-4/h9-10,14,16-18H,5-8,11-13H2,1-4H3,(H,26,27)/t14-,17-,18+/m0/s1. The maximum atomic E-state index is 13.5. The lowest BCUT2D eigenvalue weighted by atomic mass is 10.2. The zero-order valence-corrected chi connectivity index (χ0v) is 22.4. The maximum Gasteiger partial charge on any atom is 0.240 e. The van der Waals surface area contributed by atoms with Gasteiger partial charge >= 0.3 is 0 Å². The van der Waals surface area contributed by atoms with Gasteiger partial charge in [0, 0.05) is 33.2 Å². The third kappa shape index (κ3) is 7.09. The van der Waals surface area contributed by atoms with Gasteiger partial charge < -0.3 is 23.7 Å². The zero-order chi connectivity index (χ0) is 26.1. The van der Waals surface area contributed by atoms with Crippen molar-refractivity contribution in [1.29, 1.82) is 0 Å². The average molecular weight is 549 g/mol. The lowest BCUT2D eigenvalue weighted by Crippen LogP contribution is -2.35. The Kier molecular flexibility index (Phi) is 10.8. The number of hydrogen-bond acceptors (Lipinski definition) is 11. The summed E-state index contributed by atoms with van der Waals surface area (Å²) in [6, 6.07) is -0.435. The SMILES string of the molecule is CCCO[C@@H](c1ncc(Cl)cn1)[C@H](C)S(=O)(=O)Nc1nnc([C@@H]2COCCO2)n1C(COC)COC. The first-order chi connectivity index (χ1) is 17.3. The van der Waals surface area contributed by atoms with E-state index in [1.807, 2.05) is 6.92 Å². The largest absolute Gasteiger partial charge is 0.382 e. The molecule has 1 N–H and O–H groups in total. The molecular formula is C21H33ClN6O7S. The van der Waals surface area contributed by atoms with E-state index in [1.165, 1.54) is 19.3 Å². The van der Waals surface area contributed by atoms with Gasteiger partial charge in [-0.25, -0.2) is 18.4 Å². The molecule has 2 aromatic rings. The Morgan fingerprint density at radius 1 is 1.19 bits per heavy atom. The normalized spacial score (nSPS) is 18.3. The monoisotopic (exact) mass is 548 g/mol. The van der Waals surface area contributed by atoms with Crippen LogP contribution in [0.15, 0.2) is 12.4 Å². The van der Waals surface area contributed by atoms with Crippen molar-refractivity contribution in [3.63, 3.8) is 0 Å². The van der Waals surface area contributed by atoms with Crippen LogP contribution >= 0.6 is 11.6 Å². The molecule has 202 valence electrons. The summed E-state index contributed by atoms with van der Waals surface area (Å²) >= 11 is 5.91. The van der Waals surface area contributed by atoms with Crippen LogP contribution in [0.2, 0.25) is 5.02 Å². The van der Waals surface area contributed by atoms with E-state index in [9.17, 15) is 8.42 Å². The van der Waals surface area contributed by atoms with Crippen LogP contribution in [0.3, 0.4) is 0 Å². The fourth-order valence-electron chi connectivity index (χ4n) is 3.69. The van der Waals surface area contributed by atoms with Gasteiger partial charge in [-0.05, 0) is 13.3 Å². The third-order valence-corrected chi connectivity index (χ3v) is 7.34. The molecule has 2 aromatic heterocycles. The Morgan fingerprint density at radius 3 is 2.47 bits per heavy atom. The van der Waals surface area contributed by atoms with Crippen LogP contribution in [-0.2, 0) is 33.7 Å². The molecule has 0 aromatic carbocycles. The van der Waals surface area contributed by atoms with Crippen molar-refractivity contribution >= 4 is 27.6 Å². The lowest BCUT2D eigenvalue weighted by Gasteiger charge is -2.27. The Labute approximate surface area is 215 Å². The van der Waals surface area contributed by atoms with Crippen molar-refractivity contribution in [2.75, 3.05) is 58.6 Å². The molecule has 3 atom stereocenters. The highest BCUT2D eigenvalue weighted by atomic mass is 35.5. The van der Waals surface area contributed by atoms with Crippen molar-refractivity contribution in [2.24, 2.45) is 0 Å². The van der Waals surface area contributed by atoms with Gasteiger partial charge in [0.1, 0.15) is 17.5 Å². The number of anilines is 1. The molecule has 1 aliphatic rings. The van der Waals surface area contributed by atoms with Gasteiger partial charge in [-0.15, -0.1) is 10.2 Å². The van der Waals surface area contributed by atoms with E-state index in [0.29, 0.717) is 37.1 Å². The molecule has 0 spiro atoms. The first kappa shape index (κ1) is 28.6. The average Bonchev–Trinajstić information content (AvgIpc) is 3.28. The zero-order valence-electron chi connectivity index (χ0n) is 20.8. The van der Waals surface area contributed by atoms with Crippen molar-refractivity contribution in [1.82, 2.24) is 24.7 Å². The molecule has 13 nitrogen and oxygen atoms in total. The highest BCUT2D eigenvalue weighted by Crippen LogP contribution is 2.29. The van der Waals surface area contributed by atoms with Crippen molar-refractivity contribution in [3.05, 3.63) is 29.1 Å². The quantitative estimate of drug-likeness (QED) is 0.369. The van der Waals surface area contributed by atoms with Gasteiger partial charge in [0.05, 0.1) is 44.1 Å². The van der Waals surface area contributed by atoms with Crippen LogP contribution in [0.4, 0.5) is 5.95 Å². The first-order valence-electron chi connectivity index (χ1n) is 11.5. The fraction of sp³-hybridized carbons (Fsp3) is 0.714. The second-order valence-electron chi connectivity index (χ2n) is 8.15. The first-order valence-corrected chi connectivity index (χ1v) is 13.5. The fourth-order valence-corrected chi connectivity index (χ4v) is 4.89. The van der Waals surface area contributed by atoms with E-state index >= 15 is 0 Å². The van der Waals surface area contributed by atoms with Gasteiger partial charge in [0.25, 0.3) is 0 Å². The van der Waals surface area contributed by atoms with Crippen LogP contribution < -0.4 is 4.72 Å². The Balaban J connectivity index is 1.95. The summed E-state index contributed by atoms with van der Waals surface area (Å²) < 4.78 is 59.2. The minimum atomic E-state index is -4.07. The van der Waals surface area contributed by atoms with Crippen LogP contribution in [0.25, 0.3) is 0 Å². The lowest BCUT2D eigenvalue weighted by molar-refractivity contribution is -0.0957. The minimum absolute atomic E-state index is 0.00334. The van der Waals surface area contributed by atoms with Crippen LogP contribution in [0, 0.1) is 0 Å². The molecule has 1 aliphatic heterocycles. The predicted molar refractivity (Wildman–Crippen MR) is 130 cm³/mol. The maximum absolute atomic E-state index is 13.5. The number of hydrogen-bond donors (Lipinski definition) is 1. The highest BCUT2D eigenvalue weighted by molar-refractivity contribution is 7.93. The second-order valence-corrected chi connectivity index (χ2v) is 10.6. The van der Waals surface area contributed by atoms with E-state index in [-0.39, 0.29) is 31.6 Å². The van der Waals surface area contributed by atoms with Crippen molar-refractivity contribution < 1.29 is 32.1 Å². The summed E-state index contributed by atoms with van der Waals surface area (Å²) in [4.78, 5) is 8.35. The summed E-state index contributed by atoms with van der Waals surface area (Å²) in [5.74, 6) is 0.604. The predicted octanol–water partition coefficient (Wildman–Crippen LogP) is 1.94. The topological polar surface area (TPSA) is 149 Å². The summed E-state index contributed by atoms with van der Waals surface area (Å²) in [5.41, 5.74) is 0. The molecule has 36 heavy (non-hydrogen) atoms. The minimum Gasteiger partial charge on any atom is -0.382 e. The number of methoxy groups -OCH3 is 2.